The quantitative estimate of drug-likeness (QED) is 0.172. The smallest absolute Gasteiger partial charge is 0.338 e. The number of esters is 1. The van der Waals surface area contributed by atoms with Crippen LogP contribution in [0.15, 0.2) is 118 Å². The molecule has 1 atom stereocenters. The second kappa shape index (κ2) is 13.9. The number of hydrogen-bond donors (Lipinski definition) is 0. The largest absolute Gasteiger partial charge is 0.489 e. The Hall–Kier alpha value is -5.52. The highest BCUT2D eigenvalue weighted by Gasteiger charge is 2.35. The minimum absolute atomic E-state index is 0.189. The molecule has 8 heteroatoms. The minimum Gasteiger partial charge on any atom is -0.489 e. The lowest BCUT2D eigenvalue weighted by Gasteiger charge is -2.26. The second-order valence-electron chi connectivity index (χ2n) is 11.4. The lowest BCUT2D eigenvalue weighted by molar-refractivity contribution is -0.138. The summed E-state index contributed by atoms with van der Waals surface area (Å²) in [4.78, 5) is 33.4. The molecule has 4 aromatic carbocycles. The van der Waals surface area contributed by atoms with Gasteiger partial charge in [0.2, 0.25) is 0 Å². The predicted octanol–water partition coefficient (Wildman–Crippen LogP) is 6.51. The molecule has 2 heterocycles. The molecule has 0 bridgehead atoms. The maximum absolute atomic E-state index is 14.3. The molecule has 0 N–H and O–H groups in total. The Morgan fingerprint density at radius 3 is 2.47 bits per heavy atom. The lowest BCUT2D eigenvalue weighted by atomic mass is 9.91. The fourth-order valence-corrected chi connectivity index (χ4v) is 6.58. The first-order valence-corrected chi connectivity index (χ1v) is 16.3. The van der Waals surface area contributed by atoms with Crippen LogP contribution in [0.4, 0.5) is 0 Å². The fourth-order valence-electron chi connectivity index (χ4n) is 5.58. The van der Waals surface area contributed by atoms with E-state index in [1.54, 1.807) is 17.6 Å². The summed E-state index contributed by atoms with van der Waals surface area (Å²) in [6.45, 7) is 6.45. The number of rotatable bonds is 9. The van der Waals surface area contributed by atoms with Crippen LogP contribution in [0.1, 0.15) is 66.1 Å². The van der Waals surface area contributed by atoms with Crippen molar-refractivity contribution < 1.29 is 14.3 Å². The summed E-state index contributed by atoms with van der Waals surface area (Å²) >= 11 is 1.27. The normalized spacial score (nSPS) is 14.4. The molecule has 234 valence electrons. The Kier molecular flexibility index (Phi) is 9.28. The van der Waals surface area contributed by atoms with Crippen LogP contribution in [-0.4, -0.2) is 17.1 Å². The van der Waals surface area contributed by atoms with Crippen LogP contribution in [-0.2, 0) is 16.1 Å². The van der Waals surface area contributed by atoms with E-state index in [0.717, 1.165) is 27.8 Å². The third-order valence-electron chi connectivity index (χ3n) is 7.98. The number of carbonyl (C=O) groups excluding carboxylic acids is 1. The van der Waals surface area contributed by atoms with Crippen LogP contribution >= 0.6 is 11.3 Å². The van der Waals surface area contributed by atoms with Crippen molar-refractivity contribution in [3.63, 3.8) is 0 Å². The second-order valence-corrected chi connectivity index (χ2v) is 12.4. The number of carbonyl (C=O) groups is 1. The summed E-state index contributed by atoms with van der Waals surface area (Å²) in [5, 5.41) is 9.42. The van der Waals surface area contributed by atoms with Gasteiger partial charge in [0.05, 0.1) is 40.1 Å². The van der Waals surface area contributed by atoms with Crippen LogP contribution in [0.25, 0.3) is 11.8 Å². The van der Waals surface area contributed by atoms with Crippen LogP contribution in [0.2, 0.25) is 0 Å². The molecular formula is C39H33N3O4S. The first-order valence-electron chi connectivity index (χ1n) is 15.5. The Balaban J connectivity index is 1.47. The first kappa shape index (κ1) is 31.5. The van der Waals surface area contributed by atoms with E-state index >= 15 is 0 Å². The van der Waals surface area contributed by atoms with Crippen molar-refractivity contribution in [3.8, 4) is 11.8 Å². The third kappa shape index (κ3) is 6.57. The van der Waals surface area contributed by atoms with E-state index in [9.17, 15) is 14.9 Å². The summed E-state index contributed by atoms with van der Waals surface area (Å²) in [6.07, 6.45) is 1.81. The molecule has 7 nitrogen and oxygen atoms in total. The molecule has 5 aromatic rings. The molecule has 0 aliphatic carbocycles. The van der Waals surface area contributed by atoms with Gasteiger partial charge in [-0.05, 0) is 53.8 Å². The number of benzene rings is 4. The molecule has 1 aliphatic heterocycles. The van der Waals surface area contributed by atoms with Crippen LogP contribution in [0, 0.1) is 11.3 Å². The molecule has 0 saturated carbocycles. The number of nitriles is 1. The van der Waals surface area contributed by atoms with Crippen molar-refractivity contribution in [2.75, 3.05) is 6.61 Å². The van der Waals surface area contributed by atoms with Gasteiger partial charge in [-0.3, -0.25) is 9.36 Å². The molecular weight excluding hydrogens is 607 g/mol. The molecule has 0 spiro atoms. The molecule has 47 heavy (non-hydrogen) atoms. The van der Waals surface area contributed by atoms with Gasteiger partial charge in [-0.25, -0.2) is 9.79 Å². The van der Waals surface area contributed by atoms with E-state index in [4.69, 9.17) is 14.5 Å². The number of thiazole rings is 1. The van der Waals surface area contributed by atoms with Gasteiger partial charge in [0.1, 0.15) is 12.4 Å². The Morgan fingerprint density at radius 2 is 1.74 bits per heavy atom. The van der Waals surface area contributed by atoms with Gasteiger partial charge in [-0.1, -0.05) is 110 Å². The Morgan fingerprint density at radius 1 is 1.00 bits per heavy atom. The molecule has 0 fully saturated rings. The zero-order valence-corrected chi connectivity index (χ0v) is 27.2. The van der Waals surface area contributed by atoms with Crippen LogP contribution in [0.3, 0.4) is 0 Å². The molecule has 1 aliphatic rings. The van der Waals surface area contributed by atoms with E-state index in [1.165, 1.54) is 11.3 Å². The number of aromatic nitrogens is 1. The van der Waals surface area contributed by atoms with Gasteiger partial charge >= 0.3 is 5.97 Å². The summed E-state index contributed by atoms with van der Waals surface area (Å²) in [5.74, 6) is 0.426. The van der Waals surface area contributed by atoms with Gasteiger partial charge in [-0.2, -0.15) is 5.26 Å². The highest BCUT2D eigenvalue weighted by molar-refractivity contribution is 7.07. The van der Waals surface area contributed by atoms with Gasteiger partial charge < -0.3 is 9.47 Å². The standard InChI is InChI=1S/C39H33N3O4S/c1-4-45-38(44)34-35(28-12-6-5-7-13-28)41-39-42(36(34)29-19-17-27(18-20-29)25(2)3)37(43)33(47-39)22-26-11-10-16-32(21-26)46-24-31-15-9-8-14-30(31)23-40/h5-22,25,36H,4,24H2,1-3H3/b33-22-/t36-/m0/s1. The summed E-state index contributed by atoms with van der Waals surface area (Å²) < 4.78 is 13.7. The third-order valence-corrected chi connectivity index (χ3v) is 8.96. The minimum atomic E-state index is -0.737. The van der Waals surface area contributed by atoms with Crippen molar-refractivity contribution in [1.29, 1.82) is 5.26 Å². The first-order chi connectivity index (χ1) is 22.9. The topological polar surface area (TPSA) is 93.7 Å². The van der Waals surface area contributed by atoms with Crippen molar-refractivity contribution in [3.05, 3.63) is 162 Å². The zero-order chi connectivity index (χ0) is 32.9. The predicted molar refractivity (Wildman–Crippen MR) is 184 cm³/mol. The highest BCUT2D eigenvalue weighted by atomic mass is 32.1. The van der Waals surface area contributed by atoms with Gasteiger partial charge in [0.15, 0.2) is 4.80 Å². The number of fused-ring (bicyclic) bond motifs is 1. The molecule has 6 rings (SSSR count). The summed E-state index contributed by atoms with van der Waals surface area (Å²) in [5.41, 5.74) is 5.40. The van der Waals surface area contributed by atoms with E-state index in [0.29, 0.717) is 37.8 Å². The fraction of sp³-hybridized carbons (Fsp3) is 0.179. The maximum atomic E-state index is 14.3. The van der Waals surface area contributed by atoms with Crippen molar-refractivity contribution in [2.45, 2.75) is 39.3 Å². The van der Waals surface area contributed by atoms with Crippen LogP contribution in [0.5, 0.6) is 5.75 Å². The molecule has 1 aromatic heterocycles. The van der Waals surface area contributed by atoms with Crippen LogP contribution < -0.4 is 19.6 Å². The molecule has 0 radical (unpaired) electrons. The molecule has 0 amide bonds. The molecule has 0 saturated heterocycles. The molecule has 0 unspecified atom stereocenters. The van der Waals surface area contributed by atoms with Gasteiger partial charge in [-0.15, -0.1) is 0 Å². The average molecular weight is 640 g/mol. The van der Waals surface area contributed by atoms with Gasteiger partial charge in [0, 0.05) is 11.1 Å². The average Bonchev–Trinajstić information content (AvgIpc) is 3.41. The zero-order valence-electron chi connectivity index (χ0n) is 26.3. The SMILES string of the molecule is CCOC(=O)C1=C(c2ccccc2)N=c2s/c(=C\c3cccc(OCc4ccccc4C#N)c3)c(=O)n2[C@H]1c1ccc(C(C)C)cc1. The monoisotopic (exact) mass is 639 g/mol. The number of hydrogen-bond acceptors (Lipinski definition) is 7. The van der Waals surface area contributed by atoms with E-state index in [-0.39, 0.29) is 18.8 Å². The van der Waals surface area contributed by atoms with E-state index < -0.39 is 12.0 Å². The number of nitrogens with zero attached hydrogens (tertiary/aromatic N) is 3. The van der Waals surface area contributed by atoms with Crippen molar-refractivity contribution >= 4 is 29.1 Å². The maximum Gasteiger partial charge on any atom is 0.338 e. The Labute approximate surface area is 277 Å². The van der Waals surface area contributed by atoms with E-state index in [2.05, 4.69) is 19.9 Å². The Bertz CT molecular complexity index is 2190. The van der Waals surface area contributed by atoms with E-state index in [1.807, 2.05) is 103 Å². The highest BCUT2D eigenvalue weighted by Crippen LogP contribution is 2.35. The lowest BCUT2D eigenvalue weighted by Crippen LogP contribution is -2.40. The van der Waals surface area contributed by atoms with Gasteiger partial charge in [0.25, 0.3) is 5.56 Å². The van der Waals surface area contributed by atoms with Crippen molar-refractivity contribution in [2.24, 2.45) is 4.99 Å². The summed E-state index contributed by atoms with van der Waals surface area (Å²) in [7, 11) is 0. The van der Waals surface area contributed by atoms with Crippen molar-refractivity contribution in [1.82, 2.24) is 4.57 Å². The number of ether oxygens (including phenoxy) is 2. The summed E-state index contributed by atoms with van der Waals surface area (Å²) in [6, 6.07) is 33.8.